The molecule has 0 bridgehead atoms. The molecule has 0 aliphatic carbocycles. The monoisotopic (exact) mass is 256 g/mol. The molecule has 0 unspecified atom stereocenters. The molecular weight excluding hydrogens is 236 g/mol. The maximum atomic E-state index is 5.55. The standard InChI is InChI=1S/C16H20N2O/c1-2-13-19-16-8-6-15(7-9-16)18-12-10-14-5-3-4-11-17-14/h3-9,11,18H,2,10,12-13H2,1H3. The molecule has 0 radical (unpaired) electrons. The molecule has 3 nitrogen and oxygen atoms in total. The number of hydrogen-bond acceptors (Lipinski definition) is 3. The molecule has 0 aliphatic heterocycles. The zero-order valence-corrected chi connectivity index (χ0v) is 11.3. The molecule has 100 valence electrons. The number of hydrogen-bond donors (Lipinski definition) is 1. The summed E-state index contributed by atoms with van der Waals surface area (Å²) in [6.45, 7) is 3.76. The van der Waals surface area contributed by atoms with E-state index in [1.54, 1.807) is 0 Å². The van der Waals surface area contributed by atoms with Gasteiger partial charge >= 0.3 is 0 Å². The lowest BCUT2D eigenvalue weighted by Gasteiger charge is -2.08. The van der Waals surface area contributed by atoms with Crippen molar-refractivity contribution in [2.24, 2.45) is 0 Å². The molecule has 0 saturated carbocycles. The summed E-state index contributed by atoms with van der Waals surface area (Å²) >= 11 is 0. The fourth-order valence-electron chi connectivity index (χ4n) is 1.77. The quantitative estimate of drug-likeness (QED) is 0.823. The molecule has 0 aliphatic rings. The highest BCUT2D eigenvalue weighted by Crippen LogP contribution is 2.15. The van der Waals surface area contributed by atoms with Gasteiger partial charge in [-0.1, -0.05) is 13.0 Å². The molecule has 2 rings (SSSR count). The molecule has 0 spiro atoms. The van der Waals surface area contributed by atoms with Gasteiger partial charge in [-0.15, -0.1) is 0 Å². The lowest BCUT2D eigenvalue weighted by Crippen LogP contribution is -2.05. The summed E-state index contributed by atoms with van der Waals surface area (Å²) in [5.74, 6) is 0.928. The first-order valence-electron chi connectivity index (χ1n) is 6.75. The molecule has 1 aromatic carbocycles. The minimum atomic E-state index is 0.770. The number of aromatic nitrogens is 1. The summed E-state index contributed by atoms with van der Waals surface area (Å²) in [5, 5.41) is 3.38. The highest BCUT2D eigenvalue weighted by molar-refractivity contribution is 5.46. The van der Waals surface area contributed by atoms with Crippen molar-refractivity contribution in [1.29, 1.82) is 0 Å². The smallest absolute Gasteiger partial charge is 0.119 e. The summed E-state index contributed by atoms with van der Waals surface area (Å²) in [7, 11) is 0. The second-order valence-corrected chi connectivity index (χ2v) is 4.37. The van der Waals surface area contributed by atoms with E-state index in [1.165, 1.54) is 0 Å². The van der Waals surface area contributed by atoms with Crippen molar-refractivity contribution in [3.05, 3.63) is 54.4 Å². The molecule has 19 heavy (non-hydrogen) atoms. The number of nitrogens with one attached hydrogen (secondary N) is 1. The van der Waals surface area contributed by atoms with Crippen LogP contribution < -0.4 is 10.1 Å². The van der Waals surface area contributed by atoms with E-state index in [0.29, 0.717) is 0 Å². The van der Waals surface area contributed by atoms with Gasteiger partial charge in [0.2, 0.25) is 0 Å². The van der Waals surface area contributed by atoms with Crippen LogP contribution in [-0.4, -0.2) is 18.1 Å². The van der Waals surface area contributed by atoms with E-state index in [1.807, 2.05) is 48.7 Å². The fourth-order valence-corrected chi connectivity index (χ4v) is 1.77. The first-order chi connectivity index (χ1) is 9.38. The Morgan fingerprint density at radius 1 is 1.11 bits per heavy atom. The Balaban J connectivity index is 1.77. The first-order valence-corrected chi connectivity index (χ1v) is 6.75. The molecule has 1 heterocycles. The zero-order valence-electron chi connectivity index (χ0n) is 11.3. The molecule has 0 saturated heterocycles. The normalized spacial score (nSPS) is 10.2. The van der Waals surface area contributed by atoms with Crippen LogP contribution in [0.4, 0.5) is 5.69 Å². The number of benzene rings is 1. The van der Waals surface area contributed by atoms with Crippen LogP contribution >= 0.6 is 0 Å². The zero-order chi connectivity index (χ0) is 13.3. The number of rotatable bonds is 7. The van der Waals surface area contributed by atoms with Crippen LogP contribution in [0.15, 0.2) is 48.7 Å². The average Bonchev–Trinajstić information content (AvgIpc) is 2.47. The molecule has 1 N–H and O–H groups in total. The van der Waals surface area contributed by atoms with Gasteiger partial charge in [-0.25, -0.2) is 0 Å². The Morgan fingerprint density at radius 2 is 1.95 bits per heavy atom. The van der Waals surface area contributed by atoms with E-state index in [9.17, 15) is 0 Å². The van der Waals surface area contributed by atoms with Crippen LogP contribution in [0.5, 0.6) is 5.75 Å². The van der Waals surface area contributed by atoms with Gasteiger partial charge in [-0.2, -0.15) is 0 Å². The third-order valence-electron chi connectivity index (χ3n) is 2.76. The van der Waals surface area contributed by atoms with Crippen LogP contribution in [0.1, 0.15) is 19.0 Å². The highest BCUT2D eigenvalue weighted by atomic mass is 16.5. The molecule has 2 aromatic rings. The Hall–Kier alpha value is -2.03. The van der Waals surface area contributed by atoms with E-state index in [-0.39, 0.29) is 0 Å². The molecule has 0 atom stereocenters. The molecule has 0 fully saturated rings. The Labute approximate surface area is 114 Å². The number of pyridine rings is 1. The van der Waals surface area contributed by atoms with Crippen molar-refractivity contribution in [2.45, 2.75) is 19.8 Å². The van der Waals surface area contributed by atoms with Gasteiger partial charge in [-0.3, -0.25) is 4.98 Å². The second-order valence-electron chi connectivity index (χ2n) is 4.37. The van der Waals surface area contributed by atoms with Crippen molar-refractivity contribution in [3.8, 4) is 5.75 Å². The van der Waals surface area contributed by atoms with E-state index in [2.05, 4.69) is 17.2 Å². The van der Waals surface area contributed by atoms with Gasteiger partial charge in [0.25, 0.3) is 0 Å². The van der Waals surface area contributed by atoms with Gasteiger partial charge in [0.05, 0.1) is 6.61 Å². The topological polar surface area (TPSA) is 34.1 Å². The second kappa shape index (κ2) is 7.41. The van der Waals surface area contributed by atoms with Crippen molar-refractivity contribution >= 4 is 5.69 Å². The van der Waals surface area contributed by atoms with Crippen LogP contribution in [0.3, 0.4) is 0 Å². The maximum Gasteiger partial charge on any atom is 0.119 e. The van der Waals surface area contributed by atoms with Crippen LogP contribution in [0, 0.1) is 0 Å². The van der Waals surface area contributed by atoms with Gasteiger partial charge < -0.3 is 10.1 Å². The van der Waals surface area contributed by atoms with E-state index in [4.69, 9.17) is 4.74 Å². The van der Waals surface area contributed by atoms with Gasteiger partial charge in [-0.05, 0) is 42.8 Å². The summed E-state index contributed by atoms with van der Waals surface area (Å²) in [4.78, 5) is 4.30. The third-order valence-corrected chi connectivity index (χ3v) is 2.76. The lowest BCUT2D eigenvalue weighted by atomic mass is 10.2. The largest absolute Gasteiger partial charge is 0.494 e. The minimum Gasteiger partial charge on any atom is -0.494 e. The first kappa shape index (κ1) is 13.4. The third kappa shape index (κ3) is 4.62. The Kier molecular flexibility index (Phi) is 5.23. The van der Waals surface area contributed by atoms with Gasteiger partial charge in [0.1, 0.15) is 5.75 Å². The number of nitrogens with zero attached hydrogens (tertiary/aromatic N) is 1. The highest BCUT2D eigenvalue weighted by Gasteiger charge is 1.96. The molecule has 3 heteroatoms. The Morgan fingerprint density at radius 3 is 2.63 bits per heavy atom. The molecule has 0 amide bonds. The van der Waals surface area contributed by atoms with Gasteiger partial charge in [0.15, 0.2) is 0 Å². The maximum absolute atomic E-state index is 5.55. The van der Waals surface area contributed by atoms with Crippen LogP contribution in [0.25, 0.3) is 0 Å². The van der Waals surface area contributed by atoms with Crippen LogP contribution in [0.2, 0.25) is 0 Å². The van der Waals surface area contributed by atoms with Crippen molar-refractivity contribution < 1.29 is 4.74 Å². The van der Waals surface area contributed by atoms with E-state index < -0.39 is 0 Å². The molecule has 1 aromatic heterocycles. The predicted molar refractivity (Wildman–Crippen MR) is 78.7 cm³/mol. The van der Waals surface area contributed by atoms with Crippen molar-refractivity contribution in [1.82, 2.24) is 4.98 Å². The van der Waals surface area contributed by atoms with E-state index in [0.717, 1.165) is 43.1 Å². The Bertz CT molecular complexity index is 468. The molecular formula is C16H20N2O. The van der Waals surface area contributed by atoms with Gasteiger partial charge in [0, 0.05) is 30.5 Å². The summed E-state index contributed by atoms with van der Waals surface area (Å²) in [6.07, 6.45) is 3.79. The average molecular weight is 256 g/mol. The number of ether oxygens (including phenoxy) is 1. The summed E-state index contributed by atoms with van der Waals surface area (Å²) in [5.41, 5.74) is 2.22. The fraction of sp³-hybridized carbons (Fsp3) is 0.312. The summed E-state index contributed by atoms with van der Waals surface area (Å²) in [6, 6.07) is 14.1. The predicted octanol–water partition coefficient (Wildman–Crippen LogP) is 3.53. The number of anilines is 1. The minimum absolute atomic E-state index is 0.770. The van der Waals surface area contributed by atoms with Crippen LogP contribution in [-0.2, 0) is 6.42 Å². The van der Waals surface area contributed by atoms with Crippen molar-refractivity contribution in [2.75, 3.05) is 18.5 Å². The summed E-state index contributed by atoms with van der Waals surface area (Å²) < 4.78 is 5.55. The lowest BCUT2D eigenvalue weighted by molar-refractivity contribution is 0.317. The SMILES string of the molecule is CCCOc1ccc(NCCc2ccccn2)cc1. The van der Waals surface area contributed by atoms with E-state index >= 15 is 0 Å². The van der Waals surface area contributed by atoms with Crippen molar-refractivity contribution in [3.63, 3.8) is 0 Å².